The first kappa shape index (κ1) is 27.2. The summed E-state index contributed by atoms with van der Waals surface area (Å²) in [5.41, 5.74) is 1.26. The predicted molar refractivity (Wildman–Crippen MR) is 129 cm³/mol. The molecule has 0 heterocycles. The van der Waals surface area contributed by atoms with E-state index in [2.05, 4.69) is 25.9 Å². The first-order valence-electron chi connectivity index (χ1n) is 10.00. The van der Waals surface area contributed by atoms with Crippen LogP contribution in [0, 0.1) is 5.41 Å². The Hall–Kier alpha value is -0.810. The molecule has 0 N–H and O–H groups in total. The van der Waals surface area contributed by atoms with Crippen molar-refractivity contribution in [2.75, 3.05) is 19.8 Å². The lowest BCUT2D eigenvalue weighted by atomic mass is 9.90. The van der Waals surface area contributed by atoms with Crippen molar-refractivity contribution >= 4 is 52.1 Å². The molecule has 0 fully saturated rings. The summed E-state index contributed by atoms with van der Waals surface area (Å²) in [7, 11) is 0. The topological polar surface area (TPSA) is 40.0 Å². The maximum absolute atomic E-state index is 6.25. The Morgan fingerprint density at radius 1 is 0.967 bits per heavy atom. The molecule has 0 bridgehead atoms. The number of hydrogen-bond acceptors (Lipinski definition) is 4. The van der Waals surface area contributed by atoms with Gasteiger partial charge in [-0.2, -0.15) is 0 Å². The Morgan fingerprint density at radius 2 is 1.57 bits per heavy atom. The molecule has 0 aliphatic rings. The molecular weight excluding hydrogens is 468 g/mol. The lowest BCUT2D eigenvalue weighted by Gasteiger charge is -2.16. The average molecular weight is 499 g/mol. The summed E-state index contributed by atoms with van der Waals surface area (Å²) in [6, 6.07) is 3.30. The molecule has 0 aliphatic heterocycles. The third kappa shape index (κ3) is 12.8. The highest BCUT2D eigenvalue weighted by Crippen LogP contribution is 2.37. The van der Waals surface area contributed by atoms with Crippen molar-refractivity contribution in [2.45, 2.75) is 59.8 Å². The lowest BCUT2D eigenvalue weighted by Crippen LogP contribution is -2.10. The number of hydrogen-bond donors (Lipinski definition) is 0. The zero-order chi connectivity index (χ0) is 22.6. The number of benzene rings is 1. The molecule has 1 aromatic carbocycles. The molecule has 1 rings (SSSR count). The lowest BCUT2D eigenvalue weighted by molar-refractivity contribution is 0.137. The first-order chi connectivity index (χ1) is 14.1. The van der Waals surface area contributed by atoms with Crippen molar-refractivity contribution in [3.8, 4) is 11.5 Å². The second-order valence-corrected chi connectivity index (χ2v) is 10.0. The Kier molecular flexibility index (Phi) is 13.0. The van der Waals surface area contributed by atoms with E-state index in [4.69, 9.17) is 60.7 Å². The van der Waals surface area contributed by atoms with Crippen molar-refractivity contribution in [3.05, 3.63) is 32.7 Å². The van der Waals surface area contributed by atoms with Crippen LogP contribution in [0.4, 0.5) is 0 Å². The molecule has 0 saturated carbocycles. The van der Waals surface area contributed by atoms with Crippen LogP contribution in [0.5, 0.6) is 11.5 Å². The predicted octanol–water partition coefficient (Wildman–Crippen LogP) is 8.46. The van der Waals surface area contributed by atoms with Crippen LogP contribution in [0.1, 0.15) is 59.8 Å². The summed E-state index contributed by atoms with van der Waals surface area (Å²) >= 11 is 23.6. The van der Waals surface area contributed by atoms with Gasteiger partial charge < -0.3 is 14.3 Å². The molecule has 0 radical (unpaired) electrons. The molecule has 0 amide bonds. The third-order valence-electron chi connectivity index (χ3n) is 3.84. The fourth-order valence-corrected chi connectivity index (χ4v) is 3.41. The minimum Gasteiger partial charge on any atom is -0.490 e. The summed E-state index contributed by atoms with van der Waals surface area (Å²) in [4.78, 5) is 5.39. The van der Waals surface area contributed by atoms with Crippen LogP contribution in [0.25, 0.3) is 0 Å². The Labute approximate surface area is 200 Å². The maximum atomic E-state index is 6.25. The van der Waals surface area contributed by atoms with Gasteiger partial charge in [-0.15, -0.1) is 0 Å². The largest absolute Gasteiger partial charge is 0.490 e. The number of nitrogens with zero attached hydrogens (tertiary/aromatic N) is 1. The minimum absolute atomic E-state index is 0.141. The fraction of sp³-hybridized carbons (Fsp3) is 0.591. The molecule has 4 nitrogen and oxygen atoms in total. The van der Waals surface area contributed by atoms with E-state index in [0.29, 0.717) is 34.8 Å². The minimum atomic E-state index is 0.141. The van der Waals surface area contributed by atoms with Crippen molar-refractivity contribution in [2.24, 2.45) is 10.6 Å². The van der Waals surface area contributed by atoms with Crippen molar-refractivity contribution in [1.29, 1.82) is 0 Å². The SMILES string of the molecule is C/C(CC(C)(C)C)=N\OCCCCCCOc1c(Cl)cc(OCC=C(Cl)Cl)cc1Cl. The van der Waals surface area contributed by atoms with Gasteiger partial charge in [-0.1, -0.05) is 72.3 Å². The van der Waals surface area contributed by atoms with Crippen molar-refractivity contribution < 1.29 is 14.3 Å². The van der Waals surface area contributed by atoms with Crippen LogP contribution < -0.4 is 9.47 Å². The summed E-state index contributed by atoms with van der Waals surface area (Å²) in [6.07, 6.45) is 6.39. The number of rotatable bonds is 13. The van der Waals surface area contributed by atoms with Gasteiger partial charge >= 0.3 is 0 Å². The Balaban J connectivity index is 2.24. The summed E-state index contributed by atoms with van der Waals surface area (Å²) < 4.78 is 11.4. The van der Waals surface area contributed by atoms with Crippen molar-refractivity contribution in [3.63, 3.8) is 0 Å². The molecule has 8 heteroatoms. The highest BCUT2D eigenvalue weighted by molar-refractivity contribution is 6.55. The molecule has 30 heavy (non-hydrogen) atoms. The molecule has 170 valence electrons. The smallest absolute Gasteiger partial charge is 0.156 e. The first-order valence-corrected chi connectivity index (χ1v) is 11.5. The van der Waals surface area contributed by atoms with Gasteiger partial charge in [-0.05, 0) is 50.5 Å². The highest BCUT2D eigenvalue weighted by Gasteiger charge is 2.12. The van der Waals surface area contributed by atoms with Gasteiger partial charge in [0.25, 0.3) is 0 Å². The van der Waals surface area contributed by atoms with E-state index in [9.17, 15) is 0 Å². The Bertz CT molecular complexity index is 688. The summed E-state index contributed by atoms with van der Waals surface area (Å²) in [6.45, 7) is 9.96. The van der Waals surface area contributed by atoms with E-state index in [0.717, 1.165) is 37.8 Å². The molecule has 0 aromatic heterocycles. The monoisotopic (exact) mass is 497 g/mol. The zero-order valence-electron chi connectivity index (χ0n) is 18.1. The van der Waals surface area contributed by atoms with Crippen LogP contribution in [-0.4, -0.2) is 25.5 Å². The third-order valence-corrected chi connectivity index (χ3v) is 4.71. The van der Waals surface area contributed by atoms with E-state index >= 15 is 0 Å². The zero-order valence-corrected chi connectivity index (χ0v) is 21.1. The van der Waals surface area contributed by atoms with E-state index in [1.807, 2.05) is 6.92 Å². The van der Waals surface area contributed by atoms with Gasteiger partial charge in [-0.25, -0.2) is 0 Å². The number of unbranched alkanes of at least 4 members (excludes halogenated alkanes) is 3. The average Bonchev–Trinajstić information content (AvgIpc) is 2.60. The van der Waals surface area contributed by atoms with Gasteiger partial charge in [0.05, 0.1) is 22.4 Å². The second kappa shape index (κ2) is 14.3. The quantitative estimate of drug-likeness (QED) is 0.155. The summed E-state index contributed by atoms with van der Waals surface area (Å²) in [5, 5.41) is 4.97. The second-order valence-electron chi connectivity index (χ2n) is 8.18. The van der Waals surface area contributed by atoms with Gasteiger partial charge in [0.15, 0.2) is 5.75 Å². The van der Waals surface area contributed by atoms with Crippen LogP contribution in [0.3, 0.4) is 0 Å². The molecule has 0 aliphatic carbocycles. The molecular formula is C22H31Cl4NO3. The van der Waals surface area contributed by atoms with Crippen LogP contribution in [0.15, 0.2) is 27.9 Å². The number of oxime groups is 1. The van der Waals surface area contributed by atoms with Crippen molar-refractivity contribution in [1.82, 2.24) is 0 Å². The normalized spacial score (nSPS) is 11.9. The van der Waals surface area contributed by atoms with Crippen LogP contribution >= 0.6 is 46.4 Å². The number of halogens is 4. The molecule has 0 unspecified atom stereocenters. The highest BCUT2D eigenvalue weighted by atomic mass is 35.5. The molecule has 0 atom stereocenters. The fourth-order valence-electron chi connectivity index (χ4n) is 2.71. The molecule has 1 aromatic rings. The van der Waals surface area contributed by atoms with Gasteiger partial charge in [0.2, 0.25) is 0 Å². The molecule has 0 spiro atoms. The standard InChI is InChI=1S/C22H31Cl4NO3/c1-16(15-22(2,3)4)27-30-11-8-6-5-7-10-29-21-18(23)13-17(14-19(21)24)28-12-9-20(25)26/h9,13-14H,5-8,10-12,15H2,1-4H3/b27-16+. The molecule has 0 saturated heterocycles. The Morgan fingerprint density at radius 3 is 2.13 bits per heavy atom. The van der Waals surface area contributed by atoms with Crippen LogP contribution in [-0.2, 0) is 4.84 Å². The van der Waals surface area contributed by atoms with Gasteiger partial charge in [0, 0.05) is 12.1 Å². The van der Waals surface area contributed by atoms with E-state index < -0.39 is 0 Å². The summed E-state index contributed by atoms with van der Waals surface area (Å²) in [5.74, 6) is 0.979. The van der Waals surface area contributed by atoms with E-state index in [-0.39, 0.29) is 16.5 Å². The number of ether oxygens (including phenoxy) is 2. The van der Waals surface area contributed by atoms with E-state index in [1.165, 1.54) is 6.08 Å². The van der Waals surface area contributed by atoms with E-state index in [1.54, 1.807) is 12.1 Å². The van der Waals surface area contributed by atoms with Gasteiger partial charge in [-0.3, -0.25) is 0 Å². The maximum Gasteiger partial charge on any atom is 0.156 e. The van der Waals surface area contributed by atoms with Gasteiger partial charge in [0.1, 0.15) is 23.5 Å². The van der Waals surface area contributed by atoms with Crippen LogP contribution in [0.2, 0.25) is 10.0 Å².